The molecule has 0 bridgehead atoms. The van der Waals surface area contributed by atoms with Gasteiger partial charge in [0.1, 0.15) is 24.2 Å². The highest BCUT2D eigenvalue weighted by molar-refractivity contribution is 7.81. The number of nitrogens with one attached hydrogen (secondary N) is 2. The van der Waals surface area contributed by atoms with Gasteiger partial charge in [-0.1, -0.05) is 58.0 Å². The standard InChI is InChI=1S/C51H62FN7O7S2/c1-32-25-41(46(61)54-28-35-13-15-36(16-14-35)44-34(3)55-31-68-44)57(29-32)47(62)45(50(4,5)6)56-43(60)30-65-22-11-10-21-64-23-12-24-66-42-20-18-38(27-39(42)52)59-49(67)58(48(63)51(59,7)8)37-17-19-40(53-9)33(2)26-37/h13-20,26-27,31-32,41,45H,10-12,21-25,28-30H2,1-8H3,(H,54,61)(H,56,60)/t32-,41+,45-/m1/s1. The summed E-state index contributed by atoms with van der Waals surface area (Å²) in [6.45, 7) is 24.2. The molecule has 14 nitrogen and oxygen atoms in total. The predicted octanol–water partition coefficient (Wildman–Crippen LogP) is 8.70. The molecule has 6 rings (SSSR count). The number of carbonyl (C=O) groups excluding carboxylic acids is 4. The van der Waals surface area contributed by atoms with E-state index in [1.807, 2.05) is 64.4 Å². The maximum Gasteiger partial charge on any atom is 0.259 e. The van der Waals surface area contributed by atoms with Gasteiger partial charge in [-0.2, -0.15) is 0 Å². The molecule has 2 aliphatic heterocycles. The highest BCUT2D eigenvalue weighted by Gasteiger charge is 2.50. The molecule has 4 amide bonds. The summed E-state index contributed by atoms with van der Waals surface area (Å²) in [6, 6.07) is 16.1. The number of aryl methyl sites for hydroxylation is 2. The summed E-state index contributed by atoms with van der Waals surface area (Å²) in [5.41, 5.74) is 5.27. The largest absolute Gasteiger partial charge is 0.490 e. The molecule has 2 fully saturated rings. The molecule has 0 aliphatic carbocycles. The van der Waals surface area contributed by atoms with Crippen LogP contribution < -0.4 is 25.2 Å². The molecule has 362 valence electrons. The Morgan fingerprint density at radius 1 is 0.985 bits per heavy atom. The van der Waals surface area contributed by atoms with Crippen LogP contribution in [0.1, 0.15) is 84.0 Å². The van der Waals surface area contributed by atoms with Crippen LogP contribution in [0, 0.1) is 37.6 Å². The zero-order chi connectivity index (χ0) is 49.3. The quantitative estimate of drug-likeness (QED) is 0.0501. The van der Waals surface area contributed by atoms with E-state index in [4.69, 9.17) is 33.0 Å². The number of unbranched alkanes of at least 4 members (excludes halogenated alkanes) is 1. The summed E-state index contributed by atoms with van der Waals surface area (Å²) < 4.78 is 32.4. The zero-order valence-corrected chi connectivity index (χ0v) is 41.8. The summed E-state index contributed by atoms with van der Waals surface area (Å²) in [5.74, 6) is -1.59. The third kappa shape index (κ3) is 12.3. The summed E-state index contributed by atoms with van der Waals surface area (Å²) in [5, 5.41) is 6.12. The molecule has 0 unspecified atom stereocenters. The van der Waals surface area contributed by atoms with E-state index < -0.39 is 34.8 Å². The Bertz CT molecular complexity index is 2520. The van der Waals surface area contributed by atoms with Gasteiger partial charge >= 0.3 is 0 Å². The van der Waals surface area contributed by atoms with E-state index in [2.05, 4.69) is 20.5 Å². The van der Waals surface area contributed by atoms with Crippen LogP contribution in [0.15, 0.2) is 66.2 Å². The molecule has 1 aromatic heterocycles. The van der Waals surface area contributed by atoms with Gasteiger partial charge in [-0.25, -0.2) is 14.2 Å². The predicted molar refractivity (Wildman–Crippen MR) is 266 cm³/mol. The molecular weight excluding hydrogens is 906 g/mol. The molecule has 2 N–H and O–H groups in total. The Balaban J connectivity index is 0.868. The van der Waals surface area contributed by atoms with Gasteiger partial charge in [0.25, 0.3) is 5.91 Å². The van der Waals surface area contributed by atoms with Crippen molar-refractivity contribution in [2.75, 3.05) is 49.4 Å². The Kier molecular flexibility index (Phi) is 17.1. The van der Waals surface area contributed by atoms with E-state index in [0.29, 0.717) is 75.7 Å². The van der Waals surface area contributed by atoms with Crippen molar-refractivity contribution >= 4 is 69.4 Å². The van der Waals surface area contributed by atoms with Crippen LogP contribution in [0.25, 0.3) is 15.3 Å². The van der Waals surface area contributed by atoms with Crippen LogP contribution in [0.2, 0.25) is 0 Å². The number of benzene rings is 3. The van der Waals surface area contributed by atoms with Crippen LogP contribution in [0.3, 0.4) is 0 Å². The first-order valence-corrected chi connectivity index (χ1v) is 24.2. The number of carbonyl (C=O) groups is 4. The number of rotatable bonds is 20. The second-order valence-corrected chi connectivity index (χ2v) is 20.2. The van der Waals surface area contributed by atoms with Crippen LogP contribution >= 0.6 is 23.6 Å². The molecule has 3 aromatic carbocycles. The van der Waals surface area contributed by atoms with Crippen LogP contribution in [0.4, 0.5) is 21.5 Å². The van der Waals surface area contributed by atoms with Crippen molar-refractivity contribution < 1.29 is 37.8 Å². The first kappa shape index (κ1) is 51.6. The second-order valence-electron chi connectivity index (χ2n) is 19.0. The number of hydrogen-bond donors (Lipinski definition) is 2. The fraction of sp³-hybridized carbons (Fsp3) is 0.471. The number of halogens is 1. The van der Waals surface area contributed by atoms with Gasteiger partial charge in [0.15, 0.2) is 22.4 Å². The topological polar surface area (TPSA) is 147 Å². The van der Waals surface area contributed by atoms with Gasteiger partial charge in [-0.15, -0.1) is 11.3 Å². The maximum absolute atomic E-state index is 15.3. The van der Waals surface area contributed by atoms with Crippen LogP contribution in [-0.4, -0.2) is 95.8 Å². The average Bonchev–Trinajstić information content (AvgIpc) is 3.96. The fourth-order valence-electron chi connectivity index (χ4n) is 8.34. The number of aromatic nitrogens is 1. The Morgan fingerprint density at radius 3 is 2.32 bits per heavy atom. The van der Waals surface area contributed by atoms with Crippen LogP contribution in [0.5, 0.6) is 5.75 Å². The van der Waals surface area contributed by atoms with E-state index in [1.54, 1.807) is 66.2 Å². The van der Waals surface area contributed by atoms with Gasteiger partial charge in [0.05, 0.1) is 29.3 Å². The lowest BCUT2D eigenvalue weighted by molar-refractivity contribution is -0.144. The van der Waals surface area contributed by atoms with Crippen molar-refractivity contribution in [3.8, 4) is 16.2 Å². The molecule has 68 heavy (non-hydrogen) atoms. The lowest BCUT2D eigenvalue weighted by atomic mass is 9.85. The van der Waals surface area contributed by atoms with Gasteiger partial charge in [0, 0.05) is 56.8 Å². The maximum atomic E-state index is 15.3. The fourth-order valence-corrected chi connectivity index (χ4v) is 9.67. The number of likely N-dealkylation sites (tertiary alicyclic amines) is 1. The van der Waals surface area contributed by atoms with Crippen molar-refractivity contribution in [1.29, 1.82) is 0 Å². The number of thiazole rings is 1. The zero-order valence-electron chi connectivity index (χ0n) is 40.1. The smallest absolute Gasteiger partial charge is 0.259 e. The molecule has 17 heteroatoms. The molecule has 0 spiro atoms. The summed E-state index contributed by atoms with van der Waals surface area (Å²) in [7, 11) is 0. The minimum atomic E-state index is -1.09. The molecular formula is C51H62FN7O7S2. The van der Waals surface area contributed by atoms with E-state index in [0.717, 1.165) is 27.3 Å². The first-order valence-electron chi connectivity index (χ1n) is 22.9. The third-order valence-electron chi connectivity index (χ3n) is 12.1. The Labute approximate surface area is 408 Å². The highest BCUT2D eigenvalue weighted by atomic mass is 32.1. The molecule has 3 heterocycles. The van der Waals surface area contributed by atoms with E-state index in [-0.39, 0.29) is 47.7 Å². The van der Waals surface area contributed by atoms with Crippen molar-refractivity contribution in [2.24, 2.45) is 11.3 Å². The highest BCUT2D eigenvalue weighted by Crippen LogP contribution is 2.39. The van der Waals surface area contributed by atoms with Crippen LogP contribution in [-0.2, 0) is 35.2 Å². The van der Waals surface area contributed by atoms with Gasteiger partial charge in [-0.05, 0) is 111 Å². The molecule has 4 aromatic rings. The number of thiocarbonyl (C=S) groups is 1. The average molecular weight is 968 g/mol. The second kappa shape index (κ2) is 22.5. The lowest BCUT2D eigenvalue weighted by Crippen LogP contribution is -2.58. The first-order chi connectivity index (χ1) is 32.3. The molecule has 0 saturated carbocycles. The van der Waals surface area contributed by atoms with Crippen molar-refractivity contribution in [1.82, 2.24) is 20.5 Å². The van der Waals surface area contributed by atoms with Crippen molar-refractivity contribution in [3.63, 3.8) is 0 Å². The SMILES string of the molecule is [C-]#[N+]c1ccc(N2C(=O)C(C)(C)N(c3ccc(OCCCOCCCCOCC(=O)N[C@H](C(=O)N4C[C@H](C)C[C@H]4C(=O)NCc4ccc(-c5scnc5C)cc4)C(C)(C)C)c(F)c3)C2=S)cc1C. The minimum absolute atomic E-state index is 0.0685. The van der Waals surface area contributed by atoms with E-state index in [1.165, 1.54) is 17.0 Å². The Hall–Kier alpha value is -5.80. The Morgan fingerprint density at radius 2 is 1.68 bits per heavy atom. The monoisotopic (exact) mass is 967 g/mol. The number of amides is 4. The van der Waals surface area contributed by atoms with Crippen molar-refractivity contribution in [2.45, 2.75) is 105 Å². The number of hydrogen-bond acceptors (Lipinski definition) is 10. The molecule has 3 atom stereocenters. The molecule has 0 radical (unpaired) electrons. The normalized spacial score (nSPS) is 17.3. The summed E-state index contributed by atoms with van der Waals surface area (Å²) >= 11 is 7.33. The third-order valence-corrected chi connectivity index (χ3v) is 13.4. The molecule has 2 aliphatic rings. The lowest BCUT2D eigenvalue weighted by Gasteiger charge is -2.35. The van der Waals surface area contributed by atoms with Gasteiger partial charge in [-0.3, -0.25) is 24.1 Å². The minimum Gasteiger partial charge on any atom is -0.490 e. The van der Waals surface area contributed by atoms with Gasteiger partial charge in [0.2, 0.25) is 17.7 Å². The van der Waals surface area contributed by atoms with Crippen molar-refractivity contribution in [3.05, 3.63) is 100 Å². The van der Waals surface area contributed by atoms with Gasteiger partial charge < -0.3 is 34.6 Å². The number of anilines is 2. The van der Waals surface area contributed by atoms with E-state index >= 15 is 4.39 Å². The number of ether oxygens (including phenoxy) is 3. The summed E-state index contributed by atoms with van der Waals surface area (Å²) in [4.78, 5) is 67.8. The summed E-state index contributed by atoms with van der Waals surface area (Å²) in [6.07, 6.45) is 2.40. The van der Waals surface area contributed by atoms with E-state index in [9.17, 15) is 19.2 Å². The molecule has 2 saturated heterocycles. The number of nitrogens with zero attached hydrogens (tertiary/aromatic N) is 5.